The van der Waals surface area contributed by atoms with Gasteiger partial charge in [0.05, 0.1) is 19.7 Å². The van der Waals surface area contributed by atoms with Gasteiger partial charge in [-0.25, -0.2) is 5.43 Å². The number of benzene rings is 1. The van der Waals surface area contributed by atoms with E-state index in [0.717, 1.165) is 17.7 Å². The molecule has 2 aliphatic heterocycles. The molecular formula is C17H19N3O2. The number of methoxy groups -OCH3 is 1. The Morgan fingerprint density at radius 1 is 1.41 bits per heavy atom. The van der Waals surface area contributed by atoms with Crippen LogP contribution in [-0.4, -0.2) is 35.5 Å². The predicted octanol–water partition coefficient (Wildman–Crippen LogP) is 1.65. The average molecular weight is 297 g/mol. The summed E-state index contributed by atoms with van der Waals surface area (Å²) in [6, 6.07) is 7.86. The maximum atomic E-state index is 12.5. The summed E-state index contributed by atoms with van der Waals surface area (Å²) in [5.74, 6) is 6.67. The molecule has 0 radical (unpaired) electrons. The summed E-state index contributed by atoms with van der Waals surface area (Å²) in [5.41, 5.74) is 4.50. The van der Waals surface area contributed by atoms with Crippen LogP contribution >= 0.6 is 0 Å². The van der Waals surface area contributed by atoms with Crippen LogP contribution in [0.15, 0.2) is 36.7 Å². The molecule has 0 bridgehead atoms. The van der Waals surface area contributed by atoms with Crippen LogP contribution < -0.4 is 10.2 Å². The van der Waals surface area contributed by atoms with E-state index in [4.69, 9.17) is 4.74 Å². The van der Waals surface area contributed by atoms with Gasteiger partial charge in [0.25, 0.3) is 5.91 Å². The fourth-order valence-corrected chi connectivity index (χ4v) is 2.81. The largest absolute Gasteiger partial charge is 0.497 e. The van der Waals surface area contributed by atoms with Crippen LogP contribution in [0.5, 0.6) is 5.75 Å². The molecule has 2 atom stereocenters. The lowest BCUT2D eigenvalue weighted by molar-refractivity contribution is -0.133. The normalized spacial score (nSPS) is 23.1. The first-order valence-electron chi connectivity index (χ1n) is 7.30. The van der Waals surface area contributed by atoms with Crippen LogP contribution in [0.25, 0.3) is 0 Å². The van der Waals surface area contributed by atoms with Crippen molar-refractivity contribution in [3.05, 3.63) is 42.2 Å². The van der Waals surface area contributed by atoms with E-state index >= 15 is 0 Å². The number of hydrogen-bond acceptors (Lipinski definition) is 4. The Labute approximate surface area is 130 Å². The smallest absolute Gasteiger partial charge is 0.251 e. The number of amides is 1. The molecule has 1 aromatic carbocycles. The third-order valence-corrected chi connectivity index (χ3v) is 4.00. The Balaban J connectivity index is 1.76. The van der Waals surface area contributed by atoms with Crippen LogP contribution in [0.3, 0.4) is 0 Å². The lowest BCUT2D eigenvalue weighted by atomic mass is 10.0. The topological polar surface area (TPSA) is 44.8 Å². The van der Waals surface area contributed by atoms with E-state index < -0.39 is 0 Å². The molecule has 0 aromatic heterocycles. The second kappa shape index (κ2) is 6.12. The molecule has 0 saturated carbocycles. The monoisotopic (exact) mass is 297 g/mol. The van der Waals surface area contributed by atoms with Gasteiger partial charge < -0.3 is 14.6 Å². The van der Waals surface area contributed by atoms with E-state index in [1.165, 1.54) is 0 Å². The Morgan fingerprint density at radius 2 is 2.27 bits per heavy atom. The molecule has 5 heteroatoms. The van der Waals surface area contributed by atoms with Crippen LogP contribution in [-0.2, 0) is 4.79 Å². The molecule has 0 spiro atoms. The van der Waals surface area contributed by atoms with E-state index in [1.54, 1.807) is 25.1 Å². The van der Waals surface area contributed by atoms with Crippen molar-refractivity contribution in [2.75, 3.05) is 13.7 Å². The number of rotatable bonds is 3. The van der Waals surface area contributed by atoms with E-state index in [0.29, 0.717) is 6.54 Å². The molecule has 2 unspecified atom stereocenters. The van der Waals surface area contributed by atoms with Gasteiger partial charge in [-0.05, 0) is 31.0 Å². The van der Waals surface area contributed by atoms with Gasteiger partial charge in [-0.3, -0.25) is 4.79 Å². The van der Waals surface area contributed by atoms with Crippen molar-refractivity contribution in [2.45, 2.75) is 25.4 Å². The van der Waals surface area contributed by atoms with Gasteiger partial charge in [-0.15, -0.1) is 5.92 Å². The van der Waals surface area contributed by atoms with Crippen molar-refractivity contribution in [3.63, 3.8) is 0 Å². The second-order valence-corrected chi connectivity index (χ2v) is 5.31. The van der Waals surface area contributed by atoms with Crippen molar-refractivity contribution in [1.29, 1.82) is 0 Å². The maximum Gasteiger partial charge on any atom is 0.251 e. The summed E-state index contributed by atoms with van der Waals surface area (Å²) in [6.07, 6.45) is 4.42. The van der Waals surface area contributed by atoms with Gasteiger partial charge in [0, 0.05) is 12.4 Å². The summed E-state index contributed by atoms with van der Waals surface area (Å²) in [4.78, 5) is 14.2. The molecule has 1 saturated heterocycles. The van der Waals surface area contributed by atoms with Crippen molar-refractivity contribution >= 4 is 5.91 Å². The van der Waals surface area contributed by atoms with E-state index in [1.807, 2.05) is 35.5 Å². The Bertz CT molecular complexity index is 659. The summed E-state index contributed by atoms with van der Waals surface area (Å²) >= 11 is 0. The Hall–Kier alpha value is -2.45. The van der Waals surface area contributed by atoms with Gasteiger partial charge in [0.2, 0.25) is 0 Å². The number of carbonyl (C=O) groups is 1. The summed E-state index contributed by atoms with van der Waals surface area (Å²) in [5, 5.41) is 1.89. The first kappa shape index (κ1) is 14.5. The molecule has 1 amide bonds. The molecule has 5 nitrogen and oxygen atoms in total. The van der Waals surface area contributed by atoms with Crippen LogP contribution in [0.4, 0.5) is 0 Å². The molecular weight excluding hydrogens is 278 g/mol. The SMILES string of the molecule is CC#CCN1C=CN2NC(c3cccc(OC)c3)CC2C1=O. The highest BCUT2D eigenvalue weighted by atomic mass is 16.5. The van der Waals surface area contributed by atoms with Gasteiger partial charge >= 0.3 is 0 Å². The van der Waals surface area contributed by atoms with E-state index in [9.17, 15) is 4.79 Å². The van der Waals surface area contributed by atoms with Gasteiger partial charge in [0.15, 0.2) is 0 Å². The Kier molecular flexibility index (Phi) is 4.03. The van der Waals surface area contributed by atoms with Gasteiger partial charge in [-0.1, -0.05) is 18.1 Å². The first-order valence-corrected chi connectivity index (χ1v) is 7.30. The molecule has 3 rings (SSSR count). The lowest BCUT2D eigenvalue weighted by Crippen LogP contribution is -2.48. The molecule has 2 aliphatic rings. The lowest BCUT2D eigenvalue weighted by Gasteiger charge is -2.30. The number of nitrogens with zero attached hydrogens (tertiary/aromatic N) is 2. The van der Waals surface area contributed by atoms with Crippen LogP contribution in [0.2, 0.25) is 0 Å². The van der Waals surface area contributed by atoms with E-state index in [2.05, 4.69) is 17.3 Å². The fraction of sp³-hybridized carbons (Fsp3) is 0.353. The van der Waals surface area contributed by atoms with Crippen molar-refractivity contribution < 1.29 is 9.53 Å². The van der Waals surface area contributed by atoms with Crippen molar-refractivity contribution in [2.24, 2.45) is 0 Å². The van der Waals surface area contributed by atoms with Gasteiger partial charge in [0.1, 0.15) is 11.8 Å². The minimum Gasteiger partial charge on any atom is -0.497 e. The first-order chi connectivity index (χ1) is 10.7. The third-order valence-electron chi connectivity index (χ3n) is 4.00. The highest BCUT2D eigenvalue weighted by Crippen LogP contribution is 2.31. The number of carbonyl (C=O) groups excluding carboxylic acids is 1. The van der Waals surface area contributed by atoms with Crippen LogP contribution in [0, 0.1) is 11.8 Å². The number of hydrogen-bond donors (Lipinski definition) is 1. The summed E-state index contributed by atoms with van der Waals surface area (Å²) in [7, 11) is 1.66. The summed E-state index contributed by atoms with van der Waals surface area (Å²) < 4.78 is 5.27. The fourth-order valence-electron chi connectivity index (χ4n) is 2.81. The minimum absolute atomic E-state index is 0.0862. The zero-order valence-corrected chi connectivity index (χ0v) is 12.7. The van der Waals surface area contributed by atoms with Crippen molar-refractivity contribution in [1.82, 2.24) is 15.3 Å². The molecule has 114 valence electrons. The zero-order chi connectivity index (χ0) is 15.5. The molecule has 1 N–H and O–H groups in total. The number of nitrogens with one attached hydrogen (secondary N) is 1. The Morgan fingerprint density at radius 3 is 3.05 bits per heavy atom. The standard InChI is InChI=1S/C17H19N3O2/c1-3-4-8-19-9-10-20-16(17(19)21)12-15(18-20)13-6-5-7-14(11-13)22-2/h5-7,9-11,15-16,18H,8,12H2,1-2H3. The number of fused-ring (bicyclic) bond motifs is 1. The van der Waals surface area contributed by atoms with Crippen LogP contribution in [0.1, 0.15) is 24.9 Å². The van der Waals surface area contributed by atoms with Crippen molar-refractivity contribution in [3.8, 4) is 17.6 Å². The highest BCUT2D eigenvalue weighted by molar-refractivity contribution is 5.84. The van der Waals surface area contributed by atoms with Gasteiger partial charge in [-0.2, -0.15) is 0 Å². The quantitative estimate of drug-likeness (QED) is 0.862. The second-order valence-electron chi connectivity index (χ2n) is 5.31. The summed E-state index contributed by atoms with van der Waals surface area (Å²) in [6.45, 7) is 2.22. The molecule has 0 aliphatic carbocycles. The van der Waals surface area contributed by atoms with E-state index in [-0.39, 0.29) is 18.0 Å². The molecule has 1 fully saturated rings. The minimum atomic E-state index is -0.181. The average Bonchev–Trinajstić information content (AvgIpc) is 2.99. The molecule has 1 aromatic rings. The number of hydrazine groups is 1. The molecule has 22 heavy (non-hydrogen) atoms. The molecule has 2 heterocycles. The number of ether oxygens (including phenoxy) is 1. The zero-order valence-electron chi connectivity index (χ0n) is 12.7. The predicted molar refractivity (Wildman–Crippen MR) is 83.4 cm³/mol. The highest BCUT2D eigenvalue weighted by Gasteiger charge is 2.39. The third kappa shape index (κ3) is 2.66. The maximum absolute atomic E-state index is 12.5.